The molecule has 0 saturated carbocycles. The van der Waals surface area contributed by atoms with Gasteiger partial charge < -0.3 is 9.52 Å². The summed E-state index contributed by atoms with van der Waals surface area (Å²) in [4.78, 5) is 13.2. The highest BCUT2D eigenvalue weighted by Crippen LogP contribution is 2.21. The first-order valence-corrected chi connectivity index (χ1v) is 6.82. The van der Waals surface area contributed by atoms with E-state index >= 15 is 0 Å². The van der Waals surface area contributed by atoms with Crippen LogP contribution in [-0.4, -0.2) is 22.5 Å². The molecule has 1 aromatic carbocycles. The lowest BCUT2D eigenvalue weighted by Gasteiger charge is -2.19. The van der Waals surface area contributed by atoms with Gasteiger partial charge in [0.05, 0.1) is 11.8 Å². The zero-order valence-corrected chi connectivity index (χ0v) is 11.2. The Morgan fingerprint density at radius 1 is 1.25 bits per heavy atom. The first-order valence-electron chi connectivity index (χ1n) is 6.82. The van der Waals surface area contributed by atoms with Gasteiger partial charge in [0.25, 0.3) is 0 Å². The van der Waals surface area contributed by atoms with Crippen LogP contribution in [0.25, 0.3) is 0 Å². The lowest BCUT2D eigenvalue weighted by Crippen LogP contribution is -2.22. The van der Waals surface area contributed by atoms with E-state index in [9.17, 15) is 4.79 Å². The van der Waals surface area contributed by atoms with Crippen LogP contribution >= 0.6 is 0 Å². The minimum Gasteiger partial charge on any atom is -0.478 e. The third-order valence-corrected chi connectivity index (χ3v) is 3.72. The molecular weight excluding hydrogens is 254 g/mol. The van der Waals surface area contributed by atoms with E-state index in [0.717, 1.165) is 43.8 Å². The summed E-state index contributed by atoms with van der Waals surface area (Å²) in [5, 5.41) is 8.90. The van der Waals surface area contributed by atoms with Crippen molar-refractivity contribution in [2.24, 2.45) is 0 Å². The van der Waals surface area contributed by atoms with Crippen molar-refractivity contribution in [3.05, 3.63) is 59.0 Å². The molecule has 4 heteroatoms. The van der Waals surface area contributed by atoms with Crippen molar-refractivity contribution < 1.29 is 14.3 Å². The molecule has 1 aliphatic heterocycles. The van der Waals surface area contributed by atoms with Crippen molar-refractivity contribution in [1.82, 2.24) is 4.90 Å². The molecule has 3 rings (SSSR count). The number of benzene rings is 1. The number of nitrogens with zero attached hydrogens (tertiary/aromatic N) is 1. The molecule has 1 aliphatic rings. The molecule has 2 aromatic rings. The molecule has 0 spiro atoms. The Labute approximate surface area is 117 Å². The third-order valence-electron chi connectivity index (χ3n) is 3.72. The maximum Gasteiger partial charge on any atom is 0.335 e. The molecule has 1 aromatic heterocycles. The molecule has 0 fully saturated rings. The van der Waals surface area contributed by atoms with E-state index in [1.54, 1.807) is 18.4 Å². The van der Waals surface area contributed by atoms with Gasteiger partial charge in [-0.2, -0.15) is 0 Å². The van der Waals surface area contributed by atoms with Gasteiger partial charge in [0.1, 0.15) is 5.76 Å². The SMILES string of the molecule is O=C(O)c1ccc(CN2CCCc3occc3C2)cc1. The van der Waals surface area contributed by atoms with Crippen molar-refractivity contribution in [2.75, 3.05) is 6.54 Å². The second kappa shape index (κ2) is 5.51. The van der Waals surface area contributed by atoms with Gasteiger partial charge in [0.15, 0.2) is 0 Å². The van der Waals surface area contributed by atoms with Gasteiger partial charge in [-0.05, 0) is 36.7 Å². The van der Waals surface area contributed by atoms with E-state index in [1.165, 1.54) is 5.56 Å². The normalized spacial score (nSPS) is 15.6. The van der Waals surface area contributed by atoms with Crippen LogP contribution in [0.1, 0.15) is 33.7 Å². The number of carboxylic acids is 1. The van der Waals surface area contributed by atoms with Gasteiger partial charge >= 0.3 is 5.97 Å². The minimum atomic E-state index is -0.880. The number of aryl methyl sites for hydroxylation is 1. The topological polar surface area (TPSA) is 53.7 Å². The van der Waals surface area contributed by atoms with E-state index in [-0.39, 0.29) is 0 Å². The van der Waals surface area contributed by atoms with Crippen LogP contribution in [0.15, 0.2) is 41.0 Å². The molecule has 0 aliphatic carbocycles. The number of aromatic carboxylic acids is 1. The zero-order chi connectivity index (χ0) is 13.9. The number of rotatable bonds is 3. The number of hydrogen-bond acceptors (Lipinski definition) is 3. The number of carbonyl (C=O) groups is 1. The van der Waals surface area contributed by atoms with Gasteiger partial charge in [-0.1, -0.05) is 12.1 Å². The first kappa shape index (κ1) is 12.9. The lowest BCUT2D eigenvalue weighted by atomic mass is 10.1. The summed E-state index contributed by atoms with van der Waals surface area (Å²) in [6.45, 7) is 2.77. The first-order chi connectivity index (χ1) is 9.72. The van der Waals surface area contributed by atoms with E-state index < -0.39 is 5.97 Å². The van der Waals surface area contributed by atoms with Gasteiger partial charge in [-0.3, -0.25) is 4.90 Å². The van der Waals surface area contributed by atoms with E-state index in [1.807, 2.05) is 18.2 Å². The van der Waals surface area contributed by atoms with E-state index in [0.29, 0.717) is 5.56 Å². The smallest absolute Gasteiger partial charge is 0.335 e. The largest absolute Gasteiger partial charge is 0.478 e. The molecule has 104 valence electrons. The van der Waals surface area contributed by atoms with Crippen LogP contribution in [0.3, 0.4) is 0 Å². The number of carboxylic acid groups (broad SMARTS) is 1. The Hall–Kier alpha value is -2.07. The third kappa shape index (κ3) is 2.75. The molecule has 20 heavy (non-hydrogen) atoms. The molecule has 0 bridgehead atoms. The molecule has 2 heterocycles. The van der Waals surface area contributed by atoms with Crippen molar-refractivity contribution in [2.45, 2.75) is 25.9 Å². The number of hydrogen-bond donors (Lipinski definition) is 1. The second-order valence-electron chi connectivity index (χ2n) is 5.19. The molecule has 0 radical (unpaired) electrons. The minimum absolute atomic E-state index is 0.335. The maximum atomic E-state index is 10.8. The Balaban J connectivity index is 1.70. The fourth-order valence-corrected chi connectivity index (χ4v) is 2.66. The summed E-state index contributed by atoms with van der Waals surface area (Å²) >= 11 is 0. The maximum absolute atomic E-state index is 10.8. The number of fused-ring (bicyclic) bond motifs is 1. The van der Waals surface area contributed by atoms with Gasteiger partial charge in [0, 0.05) is 25.1 Å². The van der Waals surface area contributed by atoms with Crippen molar-refractivity contribution in [3.8, 4) is 0 Å². The highest BCUT2D eigenvalue weighted by atomic mass is 16.4. The van der Waals surface area contributed by atoms with Crippen LogP contribution in [0.2, 0.25) is 0 Å². The summed E-state index contributed by atoms with van der Waals surface area (Å²) < 4.78 is 5.48. The fourth-order valence-electron chi connectivity index (χ4n) is 2.66. The van der Waals surface area contributed by atoms with E-state index in [2.05, 4.69) is 4.90 Å². The summed E-state index contributed by atoms with van der Waals surface area (Å²) in [6, 6.07) is 9.16. The van der Waals surface area contributed by atoms with Gasteiger partial charge in [-0.25, -0.2) is 4.79 Å². The summed E-state index contributed by atoms with van der Waals surface area (Å²) in [7, 11) is 0. The Kier molecular flexibility index (Phi) is 3.56. The van der Waals surface area contributed by atoms with Crippen LogP contribution in [0.5, 0.6) is 0 Å². The summed E-state index contributed by atoms with van der Waals surface area (Å²) in [5.41, 5.74) is 2.74. The zero-order valence-electron chi connectivity index (χ0n) is 11.2. The average molecular weight is 271 g/mol. The predicted molar refractivity (Wildman–Crippen MR) is 74.5 cm³/mol. The van der Waals surface area contributed by atoms with E-state index in [4.69, 9.17) is 9.52 Å². The Morgan fingerprint density at radius 3 is 2.80 bits per heavy atom. The van der Waals surface area contributed by atoms with Crippen molar-refractivity contribution >= 4 is 5.97 Å². The molecule has 0 saturated heterocycles. The van der Waals surface area contributed by atoms with Gasteiger partial charge in [0.2, 0.25) is 0 Å². The standard InChI is InChI=1S/C16H17NO3/c18-16(19)13-5-3-12(4-6-13)10-17-8-1-2-15-14(11-17)7-9-20-15/h3-7,9H,1-2,8,10-11H2,(H,18,19). The molecular formula is C16H17NO3. The van der Waals surface area contributed by atoms with Crippen molar-refractivity contribution in [3.63, 3.8) is 0 Å². The molecule has 4 nitrogen and oxygen atoms in total. The van der Waals surface area contributed by atoms with Crippen molar-refractivity contribution in [1.29, 1.82) is 0 Å². The molecule has 0 unspecified atom stereocenters. The predicted octanol–water partition coefficient (Wildman–Crippen LogP) is 2.93. The van der Waals surface area contributed by atoms with Crippen LogP contribution in [0.4, 0.5) is 0 Å². The van der Waals surface area contributed by atoms with Crippen LogP contribution in [-0.2, 0) is 19.5 Å². The molecule has 0 atom stereocenters. The van der Waals surface area contributed by atoms with Gasteiger partial charge in [-0.15, -0.1) is 0 Å². The molecule has 0 amide bonds. The second-order valence-corrected chi connectivity index (χ2v) is 5.19. The van der Waals surface area contributed by atoms with Crippen LogP contribution < -0.4 is 0 Å². The highest BCUT2D eigenvalue weighted by Gasteiger charge is 2.16. The quantitative estimate of drug-likeness (QED) is 0.932. The van der Waals surface area contributed by atoms with Crippen LogP contribution in [0, 0.1) is 0 Å². The fraction of sp³-hybridized carbons (Fsp3) is 0.312. The Bertz CT molecular complexity index is 600. The summed E-state index contributed by atoms with van der Waals surface area (Å²) in [5.74, 6) is 0.225. The molecule has 1 N–H and O–H groups in total. The Morgan fingerprint density at radius 2 is 2.05 bits per heavy atom. The highest BCUT2D eigenvalue weighted by molar-refractivity contribution is 5.87. The average Bonchev–Trinajstić information content (AvgIpc) is 2.78. The number of furan rings is 1. The summed E-state index contributed by atoms with van der Waals surface area (Å²) in [6.07, 6.45) is 3.85. The lowest BCUT2D eigenvalue weighted by molar-refractivity contribution is 0.0697. The monoisotopic (exact) mass is 271 g/mol.